The smallest absolute Gasteiger partial charge is 0.510 e. The molecule has 0 aliphatic carbocycles. The van der Waals surface area contributed by atoms with Crippen LogP contribution in [0.2, 0.25) is 0 Å². The van der Waals surface area contributed by atoms with Gasteiger partial charge in [0.1, 0.15) is 0 Å². The summed E-state index contributed by atoms with van der Waals surface area (Å²) in [6.07, 6.45) is 10.8. The molecule has 0 unspecified atom stereocenters. The first-order valence-corrected chi connectivity index (χ1v) is 15.2. The molecular weight excluding hydrogens is 760 g/mol. The third-order valence-corrected chi connectivity index (χ3v) is 8.48. The zero-order valence-electron chi connectivity index (χ0n) is 25.3. The molecule has 0 saturated heterocycles. The SMILES string of the molecule is C[n+]1[c-]n(-c2[c-]c(Oc3[c-]c(-n4[c-][n+]5c6c(cccc64)-c4ccccc4-c4ccccc4-c4ccccc4-5)ccc3)ccc2)cc1.[Pt+4]. The number of nitrogens with zero attached hydrogens (tertiary/aromatic N) is 4. The summed E-state index contributed by atoms with van der Waals surface area (Å²) in [5, 5.41) is 0. The molecule has 6 aromatic carbocycles. The summed E-state index contributed by atoms with van der Waals surface area (Å²) in [5.41, 5.74) is 11.9. The van der Waals surface area contributed by atoms with Crippen molar-refractivity contribution in [2.75, 3.05) is 0 Å². The van der Waals surface area contributed by atoms with Crippen LogP contribution in [0.3, 0.4) is 0 Å². The van der Waals surface area contributed by atoms with Crippen LogP contribution in [0.15, 0.2) is 140 Å². The number of imidazole rings is 2. The molecule has 0 spiro atoms. The van der Waals surface area contributed by atoms with Gasteiger partial charge < -0.3 is 18.4 Å². The number of aromatic nitrogens is 4. The maximum absolute atomic E-state index is 6.31. The zero-order valence-corrected chi connectivity index (χ0v) is 27.6. The van der Waals surface area contributed by atoms with Crippen LogP contribution in [0, 0.1) is 24.8 Å². The van der Waals surface area contributed by atoms with Crippen molar-refractivity contribution in [1.29, 1.82) is 0 Å². The van der Waals surface area contributed by atoms with Crippen molar-refractivity contribution in [3.63, 3.8) is 0 Å². The molecule has 8 aromatic rings. The third-order valence-electron chi connectivity index (χ3n) is 8.48. The first-order valence-electron chi connectivity index (χ1n) is 15.2. The van der Waals surface area contributed by atoms with Crippen LogP contribution in [-0.4, -0.2) is 9.13 Å². The van der Waals surface area contributed by atoms with E-state index in [1.54, 1.807) is 0 Å². The molecule has 0 atom stereocenters. The van der Waals surface area contributed by atoms with E-state index in [9.17, 15) is 0 Å². The average Bonchev–Trinajstić information content (AvgIpc) is 3.73. The van der Waals surface area contributed by atoms with E-state index in [2.05, 4.69) is 125 Å². The van der Waals surface area contributed by atoms with Gasteiger partial charge in [0.15, 0.2) is 0 Å². The first-order chi connectivity index (χ1) is 22.7. The Kier molecular flexibility index (Phi) is 7.20. The van der Waals surface area contributed by atoms with Gasteiger partial charge in [-0.25, -0.2) is 0 Å². The standard InChI is InChI=1S/C41H26N4O.Pt/c1-42-23-24-43(27-42)29-11-8-13-31(25-29)46-32-14-9-12-30(26-32)44-28-45-39-21-7-6-19-37(39)35-17-4-2-15-33(35)34-16-3-5-18-36(34)38-20-10-22-40(44)41(38)45;/h2-24H,1H3;/q-2;+4. The summed E-state index contributed by atoms with van der Waals surface area (Å²) in [6, 6.07) is 51.0. The molecule has 6 heteroatoms. The monoisotopic (exact) mass is 785 g/mol. The molecule has 0 N–H and O–H groups in total. The van der Waals surface area contributed by atoms with E-state index in [4.69, 9.17) is 4.74 Å². The van der Waals surface area contributed by atoms with Gasteiger partial charge in [-0.3, -0.25) is 4.57 Å². The van der Waals surface area contributed by atoms with Crippen molar-refractivity contribution in [2.24, 2.45) is 7.05 Å². The number of rotatable bonds is 4. The molecule has 1 aliphatic rings. The van der Waals surface area contributed by atoms with Gasteiger partial charge in [0.2, 0.25) is 6.33 Å². The quantitative estimate of drug-likeness (QED) is 0.132. The van der Waals surface area contributed by atoms with Gasteiger partial charge >= 0.3 is 21.1 Å². The van der Waals surface area contributed by atoms with E-state index < -0.39 is 0 Å². The summed E-state index contributed by atoms with van der Waals surface area (Å²) in [6.45, 7) is 0. The van der Waals surface area contributed by atoms with Gasteiger partial charge in [0.25, 0.3) is 6.33 Å². The predicted octanol–water partition coefficient (Wildman–Crippen LogP) is 7.83. The maximum atomic E-state index is 6.31. The second-order valence-electron chi connectivity index (χ2n) is 11.3. The number of hydrogen-bond donors (Lipinski definition) is 0. The van der Waals surface area contributed by atoms with Crippen LogP contribution in [-0.2, 0) is 28.1 Å². The van der Waals surface area contributed by atoms with Gasteiger partial charge in [-0.1, -0.05) is 90.6 Å². The minimum Gasteiger partial charge on any atom is -0.510 e. The van der Waals surface area contributed by atoms with Crippen LogP contribution in [0.1, 0.15) is 0 Å². The van der Waals surface area contributed by atoms with Gasteiger partial charge in [0, 0.05) is 23.9 Å². The molecule has 0 fully saturated rings. The fourth-order valence-electron chi connectivity index (χ4n) is 6.45. The van der Waals surface area contributed by atoms with Gasteiger partial charge in [-0.2, -0.15) is 24.3 Å². The number of para-hydroxylation sites is 2. The second-order valence-corrected chi connectivity index (χ2v) is 11.3. The fourth-order valence-corrected chi connectivity index (χ4v) is 6.45. The van der Waals surface area contributed by atoms with Crippen molar-refractivity contribution in [3.05, 3.63) is 165 Å². The Morgan fingerprint density at radius 1 is 0.553 bits per heavy atom. The summed E-state index contributed by atoms with van der Waals surface area (Å²) in [4.78, 5) is 0. The van der Waals surface area contributed by atoms with Gasteiger partial charge in [-0.05, 0) is 45.1 Å². The molecular formula is C41H26N4OPt+2. The molecule has 47 heavy (non-hydrogen) atoms. The summed E-state index contributed by atoms with van der Waals surface area (Å²) < 4.78 is 14.3. The van der Waals surface area contributed by atoms with Crippen molar-refractivity contribution in [3.8, 4) is 61.9 Å². The summed E-state index contributed by atoms with van der Waals surface area (Å²) >= 11 is 0. The van der Waals surface area contributed by atoms with E-state index in [1.807, 2.05) is 65.0 Å². The van der Waals surface area contributed by atoms with E-state index in [0.717, 1.165) is 39.2 Å². The number of hydrogen-bond acceptors (Lipinski definition) is 1. The topological polar surface area (TPSA) is 26.8 Å². The Balaban J connectivity index is 0.00000324. The number of benzene rings is 6. The van der Waals surface area contributed by atoms with Gasteiger partial charge in [-0.15, -0.1) is 24.3 Å². The predicted molar refractivity (Wildman–Crippen MR) is 177 cm³/mol. The van der Waals surface area contributed by atoms with Crippen LogP contribution >= 0.6 is 0 Å². The molecule has 9 rings (SSSR count). The maximum Gasteiger partial charge on any atom is 4.00 e. The van der Waals surface area contributed by atoms with Crippen molar-refractivity contribution in [2.45, 2.75) is 0 Å². The number of fused-ring (bicyclic) bond motifs is 7. The Labute approximate surface area is 287 Å². The van der Waals surface area contributed by atoms with Gasteiger partial charge in [0.05, 0.1) is 23.8 Å². The Morgan fingerprint density at radius 3 is 1.79 bits per heavy atom. The van der Waals surface area contributed by atoms with E-state index >= 15 is 0 Å². The first kappa shape index (κ1) is 28.9. The Morgan fingerprint density at radius 2 is 1.11 bits per heavy atom. The molecule has 224 valence electrons. The van der Waals surface area contributed by atoms with E-state index in [-0.39, 0.29) is 21.1 Å². The van der Waals surface area contributed by atoms with Crippen LogP contribution < -0.4 is 13.9 Å². The van der Waals surface area contributed by atoms with Crippen LogP contribution in [0.4, 0.5) is 0 Å². The Bertz CT molecular complexity index is 2440. The minimum absolute atomic E-state index is 0. The molecule has 1 aliphatic heterocycles. The van der Waals surface area contributed by atoms with Crippen LogP contribution in [0.25, 0.3) is 61.5 Å². The molecule has 5 nitrogen and oxygen atoms in total. The average molecular weight is 786 g/mol. The Hall–Kier alpha value is -5.51. The minimum atomic E-state index is 0. The van der Waals surface area contributed by atoms with Crippen molar-refractivity contribution >= 4 is 11.0 Å². The van der Waals surface area contributed by atoms with Crippen molar-refractivity contribution < 1.29 is 34.9 Å². The number of aryl methyl sites for hydroxylation is 1. The zero-order chi connectivity index (χ0) is 30.6. The normalized spacial score (nSPS) is 11.3. The molecule has 2 aromatic heterocycles. The van der Waals surface area contributed by atoms with E-state index in [0.29, 0.717) is 11.5 Å². The molecule has 0 saturated carbocycles. The van der Waals surface area contributed by atoms with E-state index in [1.165, 1.54) is 22.3 Å². The molecule has 0 amide bonds. The summed E-state index contributed by atoms with van der Waals surface area (Å²) in [7, 11) is 1.94. The third kappa shape index (κ3) is 4.91. The number of ether oxygens (including phenoxy) is 1. The second kappa shape index (κ2) is 11.7. The molecule has 0 bridgehead atoms. The van der Waals surface area contributed by atoms with Crippen molar-refractivity contribution in [1.82, 2.24) is 9.13 Å². The molecule has 3 heterocycles. The largest absolute Gasteiger partial charge is 4.00 e. The molecule has 0 radical (unpaired) electrons. The van der Waals surface area contributed by atoms with Crippen LogP contribution in [0.5, 0.6) is 11.5 Å². The summed E-state index contributed by atoms with van der Waals surface area (Å²) in [5.74, 6) is 1.19. The fraction of sp³-hybridized carbons (Fsp3) is 0.0244.